The van der Waals surface area contributed by atoms with Crippen LogP contribution in [-0.2, 0) is 13.5 Å². The van der Waals surface area contributed by atoms with Gasteiger partial charge < -0.3 is 10.2 Å². The third kappa shape index (κ3) is 5.84. The number of hydrogen-bond acceptors (Lipinski definition) is 3. The minimum absolute atomic E-state index is 0.318. The standard InChI is InChI=1S/C13H26N4/c1-13(2,11-16(3)4)10-14-7-6-12-8-15-17(5)9-12/h8-9,14H,6-7,10-11H2,1-5H3. The Balaban J connectivity index is 2.19. The second kappa shape index (κ2) is 6.17. The Kier molecular flexibility index (Phi) is 5.15. The van der Waals surface area contributed by atoms with Crippen LogP contribution in [0.4, 0.5) is 0 Å². The molecule has 1 heterocycles. The number of aromatic nitrogens is 2. The van der Waals surface area contributed by atoms with Gasteiger partial charge >= 0.3 is 0 Å². The molecule has 0 unspecified atom stereocenters. The van der Waals surface area contributed by atoms with E-state index < -0.39 is 0 Å². The highest BCUT2D eigenvalue weighted by Gasteiger charge is 2.17. The van der Waals surface area contributed by atoms with Crippen LogP contribution < -0.4 is 5.32 Å². The van der Waals surface area contributed by atoms with E-state index in [1.54, 1.807) is 0 Å². The van der Waals surface area contributed by atoms with Crippen molar-refractivity contribution in [2.45, 2.75) is 20.3 Å². The van der Waals surface area contributed by atoms with Crippen molar-refractivity contribution in [3.63, 3.8) is 0 Å². The van der Waals surface area contributed by atoms with Crippen molar-refractivity contribution in [2.24, 2.45) is 12.5 Å². The lowest BCUT2D eigenvalue weighted by Gasteiger charge is -2.28. The summed E-state index contributed by atoms with van der Waals surface area (Å²) in [6, 6.07) is 0. The molecule has 1 aromatic rings. The second-order valence-electron chi connectivity index (χ2n) is 5.85. The molecule has 98 valence electrons. The van der Waals surface area contributed by atoms with E-state index >= 15 is 0 Å². The average molecular weight is 238 g/mol. The van der Waals surface area contributed by atoms with E-state index in [9.17, 15) is 0 Å². The molecular formula is C13H26N4. The van der Waals surface area contributed by atoms with Crippen LogP contribution in [0.2, 0.25) is 0 Å². The number of nitrogens with zero attached hydrogens (tertiary/aromatic N) is 3. The van der Waals surface area contributed by atoms with Crippen LogP contribution in [0.25, 0.3) is 0 Å². The van der Waals surface area contributed by atoms with Gasteiger partial charge in [0, 0.05) is 26.3 Å². The molecule has 17 heavy (non-hydrogen) atoms. The van der Waals surface area contributed by atoms with Crippen LogP contribution >= 0.6 is 0 Å². The van der Waals surface area contributed by atoms with Crippen LogP contribution in [0.5, 0.6) is 0 Å². The Morgan fingerprint density at radius 2 is 2.12 bits per heavy atom. The molecule has 1 aromatic heterocycles. The van der Waals surface area contributed by atoms with Gasteiger partial charge in [-0.25, -0.2) is 0 Å². The first-order valence-electron chi connectivity index (χ1n) is 6.22. The van der Waals surface area contributed by atoms with Crippen LogP contribution in [-0.4, -0.2) is 48.4 Å². The van der Waals surface area contributed by atoms with Crippen LogP contribution in [0.3, 0.4) is 0 Å². The van der Waals surface area contributed by atoms with Gasteiger partial charge in [-0.2, -0.15) is 5.10 Å². The zero-order valence-electron chi connectivity index (χ0n) is 11.8. The van der Waals surface area contributed by atoms with Gasteiger partial charge in [-0.15, -0.1) is 0 Å². The van der Waals surface area contributed by atoms with E-state index in [0.29, 0.717) is 5.41 Å². The highest BCUT2D eigenvalue weighted by molar-refractivity contribution is 5.03. The van der Waals surface area contributed by atoms with Gasteiger partial charge in [0.15, 0.2) is 0 Å². The molecule has 0 radical (unpaired) electrons. The van der Waals surface area contributed by atoms with Gasteiger partial charge in [0.2, 0.25) is 0 Å². The first kappa shape index (κ1) is 14.2. The van der Waals surface area contributed by atoms with Gasteiger partial charge in [-0.05, 0) is 38.0 Å². The fourth-order valence-electron chi connectivity index (χ4n) is 2.17. The van der Waals surface area contributed by atoms with Crippen molar-refractivity contribution in [2.75, 3.05) is 33.7 Å². The fourth-order valence-corrected chi connectivity index (χ4v) is 2.17. The lowest BCUT2D eigenvalue weighted by molar-refractivity contribution is 0.233. The Morgan fingerprint density at radius 1 is 1.41 bits per heavy atom. The zero-order chi connectivity index (χ0) is 12.9. The van der Waals surface area contributed by atoms with Crippen molar-refractivity contribution >= 4 is 0 Å². The minimum Gasteiger partial charge on any atom is -0.316 e. The third-order valence-corrected chi connectivity index (χ3v) is 2.70. The average Bonchev–Trinajstić information content (AvgIpc) is 2.57. The normalized spacial score (nSPS) is 12.4. The Labute approximate surface area is 105 Å². The summed E-state index contributed by atoms with van der Waals surface area (Å²) in [6.07, 6.45) is 5.06. The summed E-state index contributed by atoms with van der Waals surface area (Å²) in [6.45, 7) is 7.76. The minimum atomic E-state index is 0.318. The maximum atomic E-state index is 4.17. The summed E-state index contributed by atoms with van der Waals surface area (Å²) in [7, 11) is 6.20. The molecule has 4 heteroatoms. The Bertz CT molecular complexity index is 328. The van der Waals surface area contributed by atoms with Crippen LogP contribution in [0, 0.1) is 5.41 Å². The van der Waals surface area contributed by atoms with E-state index in [-0.39, 0.29) is 0 Å². The first-order chi connectivity index (χ1) is 7.89. The van der Waals surface area contributed by atoms with Crippen molar-refractivity contribution in [3.05, 3.63) is 18.0 Å². The Hall–Kier alpha value is -0.870. The Morgan fingerprint density at radius 3 is 2.65 bits per heavy atom. The second-order valence-corrected chi connectivity index (χ2v) is 5.85. The van der Waals surface area contributed by atoms with E-state index in [2.05, 4.69) is 49.5 Å². The number of aryl methyl sites for hydroxylation is 1. The summed E-state index contributed by atoms with van der Waals surface area (Å²) < 4.78 is 1.85. The highest BCUT2D eigenvalue weighted by atomic mass is 15.2. The molecule has 0 saturated heterocycles. The molecule has 1 rings (SSSR count). The van der Waals surface area contributed by atoms with E-state index in [0.717, 1.165) is 26.1 Å². The summed E-state index contributed by atoms with van der Waals surface area (Å²) in [5.74, 6) is 0. The van der Waals surface area contributed by atoms with Crippen molar-refractivity contribution < 1.29 is 0 Å². The monoisotopic (exact) mass is 238 g/mol. The zero-order valence-corrected chi connectivity index (χ0v) is 11.8. The predicted octanol–water partition coefficient (Wildman–Crippen LogP) is 1.14. The van der Waals surface area contributed by atoms with Crippen molar-refractivity contribution in [1.82, 2.24) is 20.0 Å². The summed E-state index contributed by atoms with van der Waals surface area (Å²) in [5, 5.41) is 7.69. The highest BCUT2D eigenvalue weighted by Crippen LogP contribution is 2.13. The molecule has 0 atom stereocenters. The lowest BCUT2D eigenvalue weighted by atomic mass is 9.93. The molecule has 4 nitrogen and oxygen atoms in total. The fraction of sp³-hybridized carbons (Fsp3) is 0.769. The molecule has 0 aliphatic rings. The number of hydrogen-bond donors (Lipinski definition) is 1. The van der Waals surface area contributed by atoms with E-state index in [1.165, 1.54) is 5.56 Å². The number of rotatable bonds is 7. The lowest BCUT2D eigenvalue weighted by Crippen LogP contribution is -2.38. The van der Waals surface area contributed by atoms with Gasteiger partial charge in [0.05, 0.1) is 6.20 Å². The van der Waals surface area contributed by atoms with E-state index in [1.807, 2.05) is 17.9 Å². The molecule has 0 spiro atoms. The predicted molar refractivity (Wildman–Crippen MR) is 72.1 cm³/mol. The van der Waals surface area contributed by atoms with Gasteiger partial charge in [-0.3, -0.25) is 4.68 Å². The molecular weight excluding hydrogens is 212 g/mol. The quantitative estimate of drug-likeness (QED) is 0.723. The van der Waals surface area contributed by atoms with Gasteiger partial charge in [0.1, 0.15) is 0 Å². The molecule has 0 aliphatic carbocycles. The van der Waals surface area contributed by atoms with Crippen LogP contribution in [0.15, 0.2) is 12.4 Å². The van der Waals surface area contributed by atoms with Crippen molar-refractivity contribution in [1.29, 1.82) is 0 Å². The van der Waals surface area contributed by atoms with E-state index in [4.69, 9.17) is 0 Å². The molecule has 0 bridgehead atoms. The smallest absolute Gasteiger partial charge is 0.0522 e. The first-order valence-corrected chi connectivity index (χ1v) is 6.22. The van der Waals surface area contributed by atoms with Gasteiger partial charge in [-0.1, -0.05) is 13.8 Å². The maximum absolute atomic E-state index is 4.17. The van der Waals surface area contributed by atoms with Crippen LogP contribution in [0.1, 0.15) is 19.4 Å². The largest absolute Gasteiger partial charge is 0.316 e. The molecule has 0 aliphatic heterocycles. The maximum Gasteiger partial charge on any atom is 0.0522 e. The SMILES string of the molecule is CN(C)CC(C)(C)CNCCc1cnn(C)c1. The molecule has 0 fully saturated rings. The molecule has 0 amide bonds. The molecule has 1 N–H and O–H groups in total. The summed E-state index contributed by atoms with van der Waals surface area (Å²) in [4.78, 5) is 2.24. The molecule has 0 saturated carbocycles. The summed E-state index contributed by atoms with van der Waals surface area (Å²) in [5.41, 5.74) is 1.61. The topological polar surface area (TPSA) is 33.1 Å². The van der Waals surface area contributed by atoms with Crippen molar-refractivity contribution in [3.8, 4) is 0 Å². The summed E-state index contributed by atoms with van der Waals surface area (Å²) >= 11 is 0. The number of nitrogens with one attached hydrogen (secondary N) is 1. The van der Waals surface area contributed by atoms with Gasteiger partial charge in [0.25, 0.3) is 0 Å². The molecule has 0 aromatic carbocycles. The third-order valence-electron chi connectivity index (χ3n) is 2.70.